The molecule has 2 rings (SSSR count). The number of hydrogen-bond acceptors (Lipinski definition) is 3. The molecule has 1 aromatic carbocycles. The molecule has 1 amide bonds. The van der Waals surface area contributed by atoms with Crippen LogP contribution >= 0.6 is 12.4 Å². The largest absolute Gasteiger partial charge is 0.494 e. The van der Waals surface area contributed by atoms with E-state index in [2.05, 4.69) is 0 Å². The first-order chi connectivity index (χ1) is 10.8. The van der Waals surface area contributed by atoms with E-state index in [9.17, 15) is 18.0 Å². The van der Waals surface area contributed by atoms with Crippen LogP contribution in [0.2, 0.25) is 0 Å². The number of nitrogens with two attached hydrogens (primary N) is 1. The van der Waals surface area contributed by atoms with E-state index in [0.29, 0.717) is 17.9 Å². The fourth-order valence-corrected chi connectivity index (χ4v) is 2.76. The Morgan fingerprint density at radius 1 is 1.29 bits per heavy atom. The molecule has 1 fully saturated rings. The summed E-state index contributed by atoms with van der Waals surface area (Å²) in [7, 11) is 0. The molecule has 0 aliphatic carbocycles. The molecular weight excluding hydrogens is 345 g/mol. The topological polar surface area (TPSA) is 55.6 Å². The highest BCUT2D eigenvalue weighted by molar-refractivity contribution is 5.85. The minimum Gasteiger partial charge on any atom is -0.494 e. The van der Waals surface area contributed by atoms with E-state index in [-0.39, 0.29) is 38.2 Å². The first-order valence-corrected chi connectivity index (χ1v) is 7.64. The lowest BCUT2D eigenvalue weighted by Gasteiger charge is -2.39. The van der Waals surface area contributed by atoms with E-state index in [1.807, 2.05) is 6.92 Å². The summed E-state index contributed by atoms with van der Waals surface area (Å²) in [5.41, 5.74) is 6.39. The Hall–Kier alpha value is -1.47. The monoisotopic (exact) mass is 366 g/mol. The number of halogens is 4. The second-order valence-corrected chi connectivity index (χ2v) is 5.69. The molecule has 2 N–H and O–H groups in total. The third-order valence-electron chi connectivity index (χ3n) is 3.91. The average molecular weight is 367 g/mol. The second-order valence-electron chi connectivity index (χ2n) is 5.69. The highest BCUT2D eigenvalue weighted by Gasteiger charge is 2.47. The van der Waals surface area contributed by atoms with Gasteiger partial charge in [0.25, 0.3) is 0 Å². The highest BCUT2D eigenvalue weighted by atomic mass is 35.5. The summed E-state index contributed by atoms with van der Waals surface area (Å²) in [6.07, 6.45) is -4.36. The van der Waals surface area contributed by atoms with Gasteiger partial charge in [-0.2, -0.15) is 13.2 Å². The van der Waals surface area contributed by atoms with Crippen LogP contribution < -0.4 is 10.5 Å². The fraction of sp³-hybridized carbons (Fsp3) is 0.562. The van der Waals surface area contributed by atoms with Gasteiger partial charge in [-0.15, -0.1) is 12.4 Å². The van der Waals surface area contributed by atoms with Gasteiger partial charge >= 0.3 is 6.18 Å². The van der Waals surface area contributed by atoms with Crippen molar-refractivity contribution in [3.63, 3.8) is 0 Å². The molecule has 1 saturated heterocycles. The Kier molecular flexibility index (Phi) is 7.35. The SMILES string of the molecule is CCOc1ccc(CC(=O)N2CC(N)CCC2C(F)(F)F)cc1.Cl. The molecule has 0 aromatic heterocycles. The summed E-state index contributed by atoms with van der Waals surface area (Å²) < 4.78 is 44.6. The number of hydrogen-bond donors (Lipinski definition) is 1. The molecule has 136 valence electrons. The smallest absolute Gasteiger partial charge is 0.408 e. The van der Waals surface area contributed by atoms with Gasteiger partial charge in [-0.25, -0.2) is 0 Å². The third kappa shape index (κ3) is 5.27. The summed E-state index contributed by atoms with van der Waals surface area (Å²) >= 11 is 0. The van der Waals surface area contributed by atoms with E-state index >= 15 is 0 Å². The van der Waals surface area contributed by atoms with Crippen LogP contribution in [-0.2, 0) is 11.2 Å². The predicted molar refractivity (Wildman–Crippen MR) is 87.3 cm³/mol. The van der Waals surface area contributed by atoms with Crippen LogP contribution in [0.5, 0.6) is 5.75 Å². The van der Waals surface area contributed by atoms with Gasteiger partial charge in [0.1, 0.15) is 11.8 Å². The van der Waals surface area contributed by atoms with Crippen molar-refractivity contribution in [3.05, 3.63) is 29.8 Å². The Labute approximate surface area is 145 Å². The zero-order valence-corrected chi connectivity index (χ0v) is 14.2. The molecule has 0 spiro atoms. The Balaban J connectivity index is 0.00000288. The molecule has 0 saturated carbocycles. The Morgan fingerprint density at radius 3 is 2.46 bits per heavy atom. The summed E-state index contributed by atoms with van der Waals surface area (Å²) in [5.74, 6) is 0.114. The molecule has 1 heterocycles. The van der Waals surface area contributed by atoms with Gasteiger partial charge < -0.3 is 15.4 Å². The molecule has 1 aliphatic heterocycles. The maximum Gasteiger partial charge on any atom is 0.408 e. The molecular formula is C16H22ClF3N2O2. The van der Waals surface area contributed by atoms with Crippen LogP contribution in [0.1, 0.15) is 25.3 Å². The van der Waals surface area contributed by atoms with Crippen molar-refractivity contribution < 1.29 is 22.7 Å². The fourth-order valence-electron chi connectivity index (χ4n) is 2.76. The molecule has 4 nitrogen and oxygen atoms in total. The van der Waals surface area contributed by atoms with Crippen LogP contribution in [0, 0.1) is 0 Å². The zero-order chi connectivity index (χ0) is 17.0. The molecule has 1 aromatic rings. The maximum absolute atomic E-state index is 13.1. The zero-order valence-electron chi connectivity index (χ0n) is 13.4. The first-order valence-electron chi connectivity index (χ1n) is 7.64. The van der Waals surface area contributed by atoms with Crippen molar-refractivity contribution in [2.75, 3.05) is 13.2 Å². The molecule has 1 aliphatic rings. The Morgan fingerprint density at radius 2 is 1.92 bits per heavy atom. The number of benzene rings is 1. The van der Waals surface area contributed by atoms with Crippen molar-refractivity contribution in [3.8, 4) is 5.75 Å². The maximum atomic E-state index is 13.1. The van der Waals surface area contributed by atoms with Crippen LogP contribution in [0.15, 0.2) is 24.3 Å². The lowest BCUT2D eigenvalue weighted by Crippen LogP contribution is -2.57. The van der Waals surface area contributed by atoms with Crippen LogP contribution in [0.3, 0.4) is 0 Å². The molecule has 24 heavy (non-hydrogen) atoms. The van der Waals surface area contributed by atoms with E-state index in [0.717, 1.165) is 4.90 Å². The number of likely N-dealkylation sites (tertiary alicyclic amines) is 1. The van der Waals surface area contributed by atoms with Gasteiger partial charge in [-0.3, -0.25) is 4.79 Å². The number of ether oxygens (including phenoxy) is 1. The molecule has 8 heteroatoms. The van der Waals surface area contributed by atoms with Crippen molar-refractivity contribution >= 4 is 18.3 Å². The quantitative estimate of drug-likeness (QED) is 0.891. The van der Waals surface area contributed by atoms with Gasteiger partial charge in [0.2, 0.25) is 5.91 Å². The van der Waals surface area contributed by atoms with Crippen LogP contribution in [0.25, 0.3) is 0 Å². The van der Waals surface area contributed by atoms with Gasteiger partial charge in [0, 0.05) is 12.6 Å². The van der Waals surface area contributed by atoms with Crippen molar-refractivity contribution in [1.82, 2.24) is 4.90 Å². The lowest BCUT2D eigenvalue weighted by molar-refractivity contribution is -0.196. The summed E-state index contributed by atoms with van der Waals surface area (Å²) in [6.45, 7) is 2.32. The molecule has 2 unspecified atom stereocenters. The Bertz CT molecular complexity index is 537. The normalized spacial score (nSPS) is 21.1. The van der Waals surface area contributed by atoms with Crippen molar-refractivity contribution in [1.29, 1.82) is 0 Å². The van der Waals surface area contributed by atoms with Crippen LogP contribution in [-0.4, -0.2) is 42.2 Å². The number of amides is 1. The minimum atomic E-state index is -4.42. The number of carbonyl (C=O) groups is 1. The van der Waals surface area contributed by atoms with Crippen molar-refractivity contribution in [2.24, 2.45) is 5.73 Å². The number of rotatable bonds is 4. The minimum absolute atomic E-state index is 0. The number of carbonyl (C=O) groups excluding carboxylic acids is 1. The third-order valence-corrected chi connectivity index (χ3v) is 3.91. The molecule has 0 radical (unpaired) electrons. The number of alkyl halides is 3. The number of nitrogens with zero attached hydrogens (tertiary/aromatic N) is 1. The molecule has 2 atom stereocenters. The van der Waals surface area contributed by atoms with E-state index in [1.165, 1.54) is 0 Å². The lowest BCUT2D eigenvalue weighted by atomic mass is 9.97. The van der Waals surface area contributed by atoms with Crippen molar-refractivity contribution in [2.45, 2.75) is 44.4 Å². The average Bonchev–Trinajstić information content (AvgIpc) is 2.48. The summed E-state index contributed by atoms with van der Waals surface area (Å²) in [4.78, 5) is 13.2. The highest BCUT2D eigenvalue weighted by Crippen LogP contribution is 2.32. The summed E-state index contributed by atoms with van der Waals surface area (Å²) in [5, 5.41) is 0. The van der Waals surface area contributed by atoms with E-state index in [4.69, 9.17) is 10.5 Å². The standard InChI is InChI=1S/C16H21F3N2O2.ClH/c1-2-23-13-6-3-11(4-7-13)9-15(22)21-10-12(20)5-8-14(21)16(17,18)19;/h3-4,6-7,12,14H,2,5,8-10,20H2,1H3;1H. The van der Waals surface area contributed by atoms with Gasteiger partial charge in [0.05, 0.1) is 13.0 Å². The predicted octanol–water partition coefficient (Wildman–Crippen LogP) is 2.93. The first kappa shape index (κ1) is 20.6. The van der Waals surface area contributed by atoms with Gasteiger partial charge in [-0.05, 0) is 37.5 Å². The van der Waals surface area contributed by atoms with Crippen LogP contribution in [0.4, 0.5) is 13.2 Å². The van der Waals surface area contributed by atoms with Gasteiger partial charge in [0.15, 0.2) is 0 Å². The second kappa shape index (κ2) is 8.58. The molecule has 0 bridgehead atoms. The summed E-state index contributed by atoms with van der Waals surface area (Å²) in [6, 6.07) is 4.64. The number of piperidine rings is 1. The van der Waals surface area contributed by atoms with E-state index in [1.54, 1.807) is 24.3 Å². The van der Waals surface area contributed by atoms with E-state index < -0.39 is 24.2 Å². The van der Waals surface area contributed by atoms with Gasteiger partial charge in [-0.1, -0.05) is 12.1 Å².